The zero-order chi connectivity index (χ0) is 14.2. The first-order valence-corrected chi connectivity index (χ1v) is 5.13. The molecule has 0 radical (unpaired) electrons. The van der Waals surface area contributed by atoms with E-state index in [1.807, 2.05) is 0 Å². The van der Waals surface area contributed by atoms with E-state index < -0.39 is 17.7 Å². The zero-order valence-electron chi connectivity index (χ0n) is 10.00. The lowest BCUT2D eigenvalue weighted by Crippen LogP contribution is -2.05. The normalized spacial score (nSPS) is 11.6. The van der Waals surface area contributed by atoms with E-state index in [9.17, 15) is 18.0 Å². The van der Waals surface area contributed by atoms with Crippen molar-refractivity contribution >= 4 is 16.9 Å². The molecule has 0 saturated carbocycles. The van der Waals surface area contributed by atoms with Crippen LogP contribution in [0, 0.1) is 0 Å². The maximum Gasteiger partial charge on any atom is 0.420 e. The van der Waals surface area contributed by atoms with Crippen LogP contribution in [-0.4, -0.2) is 20.2 Å². The van der Waals surface area contributed by atoms with Crippen molar-refractivity contribution < 1.29 is 31.9 Å². The highest BCUT2D eigenvalue weighted by Gasteiger charge is 2.35. The number of hydrogen-bond acceptors (Lipinski definition) is 4. The lowest BCUT2D eigenvalue weighted by molar-refractivity contribution is -0.136. The van der Waals surface area contributed by atoms with Crippen LogP contribution in [0.2, 0.25) is 0 Å². The average Bonchev–Trinajstić information content (AvgIpc) is 2.78. The second-order valence-corrected chi connectivity index (χ2v) is 3.69. The Balaban J connectivity index is 2.69. The summed E-state index contributed by atoms with van der Waals surface area (Å²) in [5.74, 6) is -0.727. The number of carbonyl (C=O) groups excluding carboxylic acids is 1. The summed E-state index contributed by atoms with van der Waals surface area (Å²) in [6, 6.07) is 2.27. The van der Waals surface area contributed by atoms with E-state index in [1.54, 1.807) is 0 Å². The van der Waals surface area contributed by atoms with Crippen molar-refractivity contribution in [3.8, 4) is 5.75 Å². The molecule has 0 atom stereocenters. The van der Waals surface area contributed by atoms with Gasteiger partial charge >= 0.3 is 12.1 Å². The molecule has 1 aromatic heterocycles. The van der Waals surface area contributed by atoms with Gasteiger partial charge in [-0.25, -0.2) is 4.79 Å². The molecule has 1 heterocycles. The smallest absolute Gasteiger partial charge is 0.420 e. The number of methoxy groups -OCH3 is 2. The van der Waals surface area contributed by atoms with Crippen molar-refractivity contribution in [2.45, 2.75) is 6.18 Å². The van der Waals surface area contributed by atoms with Gasteiger partial charge in [0.15, 0.2) is 0 Å². The van der Waals surface area contributed by atoms with Crippen LogP contribution in [0.4, 0.5) is 13.2 Å². The van der Waals surface area contributed by atoms with Crippen molar-refractivity contribution in [3.63, 3.8) is 0 Å². The quantitative estimate of drug-likeness (QED) is 0.789. The molecular weight excluding hydrogens is 265 g/mol. The molecule has 7 heteroatoms. The second kappa shape index (κ2) is 4.49. The minimum Gasteiger partial charge on any atom is -0.496 e. The number of rotatable bonds is 2. The lowest BCUT2D eigenvalue weighted by Gasteiger charge is -2.08. The monoisotopic (exact) mass is 274 g/mol. The molecule has 0 spiro atoms. The average molecular weight is 274 g/mol. The van der Waals surface area contributed by atoms with Crippen LogP contribution in [0.15, 0.2) is 22.8 Å². The first-order valence-electron chi connectivity index (χ1n) is 5.13. The summed E-state index contributed by atoms with van der Waals surface area (Å²) < 4.78 is 52.4. The topological polar surface area (TPSA) is 48.7 Å². The Hall–Kier alpha value is -2.18. The van der Waals surface area contributed by atoms with Gasteiger partial charge in [-0.2, -0.15) is 13.2 Å². The van der Waals surface area contributed by atoms with Crippen LogP contribution in [-0.2, 0) is 10.9 Å². The molecule has 0 aliphatic rings. The van der Waals surface area contributed by atoms with Gasteiger partial charge in [0.25, 0.3) is 0 Å². The Morgan fingerprint density at radius 3 is 2.47 bits per heavy atom. The standard InChI is InChI=1S/C12H9F3O4/c1-17-9-3-6-8(12(13,14)15)5-19-10(6)4-7(9)11(16)18-2/h3-5H,1-2H3. The Morgan fingerprint density at radius 1 is 1.26 bits per heavy atom. The Labute approximate surface area is 105 Å². The van der Waals surface area contributed by atoms with E-state index >= 15 is 0 Å². The highest BCUT2D eigenvalue weighted by atomic mass is 19.4. The van der Waals surface area contributed by atoms with Crippen molar-refractivity contribution in [2.24, 2.45) is 0 Å². The SMILES string of the molecule is COC(=O)c1cc2occ(C(F)(F)F)c2cc1OC. The van der Waals surface area contributed by atoms with Gasteiger partial charge in [-0.15, -0.1) is 0 Å². The van der Waals surface area contributed by atoms with Crippen LogP contribution < -0.4 is 4.74 Å². The molecular formula is C12H9F3O4. The van der Waals surface area contributed by atoms with E-state index in [1.165, 1.54) is 7.11 Å². The molecule has 0 fully saturated rings. The third kappa shape index (κ3) is 2.23. The highest BCUT2D eigenvalue weighted by Crippen LogP contribution is 2.38. The maximum absolute atomic E-state index is 12.7. The molecule has 0 aliphatic heterocycles. The van der Waals surface area contributed by atoms with Gasteiger partial charge in [0.1, 0.15) is 28.7 Å². The number of halogens is 3. The van der Waals surface area contributed by atoms with Crippen LogP contribution in [0.3, 0.4) is 0 Å². The van der Waals surface area contributed by atoms with E-state index in [0.29, 0.717) is 6.26 Å². The first-order chi connectivity index (χ1) is 8.88. The summed E-state index contributed by atoms with van der Waals surface area (Å²) in [6.07, 6.45) is -3.94. The number of benzene rings is 1. The predicted octanol–water partition coefficient (Wildman–Crippen LogP) is 3.25. The highest BCUT2D eigenvalue weighted by molar-refractivity contribution is 5.98. The molecule has 2 rings (SSSR count). The Morgan fingerprint density at radius 2 is 1.95 bits per heavy atom. The van der Waals surface area contributed by atoms with Crippen LogP contribution >= 0.6 is 0 Å². The molecule has 0 saturated heterocycles. The lowest BCUT2D eigenvalue weighted by atomic mass is 10.1. The molecule has 4 nitrogen and oxygen atoms in total. The van der Waals surface area contributed by atoms with Gasteiger partial charge in [-0.3, -0.25) is 0 Å². The van der Waals surface area contributed by atoms with Crippen LogP contribution in [0.1, 0.15) is 15.9 Å². The van der Waals surface area contributed by atoms with Crippen LogP contribution in [0.25, 0.3) is 11.0 Å². The van der Waals surface area contributed by atoms with Crippen molar-refractivity contribution in [2.75, 3.05) is 14.2 Å². The fraction of sp³-hybridized carbons (Fsp3) is 0.250. The largest absolute Gasteiger partial charge is 0.496 e. The second-order valence-electron chi connectivity index (χ2n) is 3.69. The molecule has 0 amide bonds. The van der Waals surface area contributed by atoms with Gasteiger partial charge in [-0.05, 0) is 12.1 Å². The summed E-state index contributed by atoms with van der Waals surface area (Å²) in [4.78, 5) is 11.5. The molecule has 1 aromatic carbocycles. The van der Waals surface area contributed by atoms with Gasteiger partial charge in [0.2, 0.25) is 0 Å². The van der Waals surface area contributed by atoms with Gasteiger partial charge in [0, 0.05) is 5.39 Å². The summed E-state index contributed by atoms with van der Waals surface area (Å²) in [6.45, 7) is 0. The number of esters is 1. The molecule has 19 heavy (non-hydrogen) atoms. The van der Waals surface area contributed by atoms with E-state index in [2.05, 4.69) is 4.74 Å². The zero-order valence-corrected chi connectivity index (χ0v) is 10.00. The molecule has 0 aliphatic carbocycles. The predicted molar refractivity (Wildman–Crippen MR) is 59.1 cm³/mol. The molecule has 0 N–H and O–H groups in total. The van der Waals surface area contributed by atoms with Crippen molar-refractivity contribution in [1.82, 2.24) is 0 Å². The number of fused-ring (bicyclic) bond motifs is 1. The minimum atomic E-state index is -4.54. The molecule has 102 valence electrons. The minimum absolute atomic E-state index is 0.000532. The van der Waals surface area contributed by atoms with Crippen molar-refractivity contribution in [1.29, 1.82) is 0 Å². The van der Waals surface area contributed by atoms with E-state index in [0.717, 1.165) is 19.2 Å². The van der Waals surface area contributed by atoms with E-state index in [4.69, 9.17) is 9.15 Å². The summed E-state index contributed by atoms with van der Waals surface area (Å²) >= 11 is 0. The number of carbonyl (C=O) groups is 1. The van der Waals surface area contributed by atoms with Gasteiger partial charge in [-0.1, -0.05) is 0 Å². The molecule has 2 aromatic rings. The summed E-state index contributed by atoms with van der Waals surface area (Å²) in [5, 5.41) is -0.169. The van der Waals surface area contributed by atoms with Gasteiger partial charge in [0.05, 0.1) is 14.2 Å². The Kier molecular flexibility index (Phi) is 3.13. The number of ether oxygens (including phenoxy) is 2. The van der Waals surface area contributed by atoms with E-state index in [-0.39, 0.29) is 22.3 Å². The Bertz CT molecular complexity index is 628. The fourth-order valence-corrected chi connectivity index (χ4v) is 1.71. The van der Waals surface area contributed by atoms with Crippen LogP contribution in [0.5, 0.6) is 5.75 Å². The molecule has 0 bridgehead atoms. The summed E-state index contributed by atoms with van der Waals surface area (Å²) in [7, 11) is 2.41. The maximum atomic E-state index is 12.7. The number of alkyl halides is 3. The van der Waals surface area contributed by atoms with Gasteiger partial charge < -0.3 is 13.9 Å². The molecule has 0 unspecified atom stereocenters. The first kappa shape index (κ1) is 13.3. The third-order valence-corrected chi connectivity index (χ3v) is 2.61. The summed E-state index contributed by atoms with van der Waals surface area (Å²) in [5.41, 5.74) is -0.980. The van der Waals surface area contributed by atoms with Crippen molar-refractivity contribution in [3.05, 3.63) is 29.5 Å². The third-order valence-electron chi connectivity index (χ3n) is 2.61. The number of hydrogen-bond donors (Lipinski definition) is 0. The fourth-order valence-electron chi connectivity index (χ4n) is 1.71. The number of furan rings is 1.